The number of hydrogen-bond acceptors (Lipinski definition) is 6. The first kappa shape index (κ1) is 21.5. The van der Waals surface area contributed by atoms with Crippen molar-refractivity contribution >= 4 is 23.4 Å². The van der Waals surface area contributed by atoms with E-state index in [0.717, 1.165) is 0 Å². The molecule has 2 N–H and O–H groups in total. The second kappa shape index (κ2) is 8.90. The van der Waals surface area contributed by atoms with Crippen LogP contribution in [0.1, 0.15) is 27.7 Å². The number of nitro benzene ring substituents is 1. The average molecular weight is 392 g/mol. The third-order valence-electron chi connectivity index (χ3n) is 4.44. The topological polar surface area (TPSA) is 114 Å². The van der Waals surface area contributed by atoms with E-state index < -0.39 is 16.6 Å². The van der Waals surface area contributed by atoms with E-state index in [1.54, 1.807) is 43.9 Å². The predicted molar refractivity (Wildman–Crippen MR) is 105 cm³/mol. The summed E-state index contributed by atoms with van der Waals surface area (Å²) in [7, 11) is 0. The van der Waals surface area contributed by atoms with E-state index in [1.165, 1.54) is 6.07 Å². The van der Waals surface area contributed by atoms with Crippen LogP contribution in [0.2, 0.25) is 0 Å². The summed E-state index contributed by atoms with van der Waals surface area (Å²) in [5, 5.41) is 16.8. The van der Waals surface area contributed by atoms with E-state index in [4.69, 9.17) is 4.74 Å². The smallest absolute Gasteiger partial charge is 0.410 e. The summed E-state index contributed by atoms with van der Waals surface area (Å²) in [5.74, 6) is -0.419. The Hall–Kier alpha value is -2.84. The van der Waals surface area contributed by atoms with Crippen LogP contribution in [0, 0.1) is 22.0 Å². The lowest BCUT2D eigenvalue weighted by Gasteiger charge is -2.24. The number of benzene rings is 1. The van der Waals surface area contributed by atoms with Crippen molar-refractivity contribution in [1.82, 2.24) is 10.2 Å². The van der Waals surface area contributed by atoms with Crippen LogP contribution < -0.4 is 10.6 Å². The molecule has 0 spiro atoms. The van der Waals surface area contributed by atoms with Crippen molar-refractivity contribution in [3.8, 4) is 0 Å². The molecule has 0 aliphatic carbocycles. The first-order valence-corrected chi connectivity index (χ1v) is 9.31. The van der Waals surface area contributed by atoms with Crippen LogP contribution in [0.15, 0.2) is 24.3 Å². The van der Waals surface area contributed by atoms with Gasteiger partial charge in [-0.1, -0.05) is 19.1 Å². The van der Waals surface area contributed by atoms with E-state index in [2.05, 4.69) is 10.6 Å². The Kier molecular flexibility index (Phi) is 6.82. The zero-order valence-corrected chi connectivity index (χ0v) is 16.7. The number of carbonyl (C=O) groups is 2. The molecule has 9 heteroatoms. The Balaban J connectivity index is 1.80. The van der Waals surface area contributed by atoms with Crippen LogP contribution in [0.5, 0.6) is 0 Å². The monoisotopic (exact) mass is 392 g/mol. The standard InChI is InChI=1S/C19H28N4O5/c1-13-11-22(18(25)28-19(2,3)4)12-14(13)17(24)21-10-9-20-15-7-5-6-8-16(15)23(26)27/h5-8,13-14,20H,9-12H2,1-4H3,(H,21,24)/t13-,14-/m1/s1. The number of amides is 2. The van der Waals surface area contributed by atoms with Gasteiger partial charge in [0.15, 0.2) is 0 Å². The summed E-state index contributed by atoms with van der Waals surface area (Å²) < 4.78 is 5.37. The van der Waals surface area contributed by atoms with Crippen LogP contribution >= 0.6 is 0 Å². The van der Waals surface area contributed by atoms with Gasteiger partial charge >= 0.3 is 6.09 Å². The van der Waals surface area contributed by atoms with Gasteiger partial charge in [0.1, 0.15) is 11.3 Å². The van der Waals surface area contributed by atoms with Crippen molar-refractivity contribution in [2.75, 3.05) is 31.5 Å². The lowest BCUT2D eigenvalue weighted by atomic mass is 9.97. The number of nitrogens with one attached hydrogen (secondary N) is 2. The van der Waals surface area contributed by atoms with E-state index in [0.29, 0.717) is 31.9 Å². The Bertz CT molecular complexity index is 731. The number of ether oxygens (including phenoxy) is 1. The van der Waals surface area contributed by atoms with Gasteiger partial charge in [-0.05, 0) is 32.8 Å². The molecule has 1 aliphatic heterocycles. The predicted octanol–water partition coefficient (Wildman–Crippen LogP) is 2.63. The minimum absolute atomic E-state index is 0.00811. The zero-order chi connectivity index (χ0) is 20.9. The quantitative estimate of drug-likeness (QED) is 0.437. The van der Waals surface area contributed by atoms with Crippen molar-refractivity contribution < 1.29 is 19.2 Å². The largest absolute Gasteiger partial charge is 0.444 e. The molecule has 1 aromatic rings. The van der Waals surface area contributed by atoms with Gasteiger partial charge in [-0.3, -0.25) is 14.9 Å². The normalized spacial score (nSPS) is 19.2. The summed E-state index contributed by atoms with van der Waals surface area (Å²) in [6.45, 7) is 8.81. The summed E-state index contributed by atoms with van der Waals surface area (Å²) in [6.07, 6.45) is -0.410. The molecular formula is C19H28N4O5. The molecule has 0 saturated carbocycles. The Labute approximate surface area is 164 Å². The molecule has 1 aromatic carbocycles. The van der Waals surface area contributed by atoms with Gasteiger partial charge in [0.25, 0.3) is 5.69 Å². The summed E-state index contributed by atoms with van der Waals surface area (Å²) in [6, 6.07) is 6.35. The number of rotatable bonds is 6. The van der Waals surface area contributed by atoms with E-state index in [1.807, 2.05) is 6.92 Å². The molecule has 0 aromatic heterocycles. The molecule has 2 amide bonds. The molecule has 28 heavy (non-hydrogen) atoms. The molecule has 1 aliphatic rings. The Morgan fingerprint density at radius 2 is 1.93 bits per heavy atom. The highest BCUT2D eigenvalue weighted by atomic mass is 16.6. The second-order valence-electron chi connectivity index (χ2n) is 7.96. The van der Waals surface area contributed by atoms with Crippen molar-refractivity contribution in [3.63, 3.8) is 0 Å². The zero-order valence-electron chi connectivity index (χ0n) is 16.7. The first-order valence-electron chi connectivity index (χ1n) is 9.31. The fraction of sp³-hybridized carbons (Fsp3) is 0.579. The summed E-state index contributed by atoms with van der Waals surface area (Å²) in [5.41, 5.74) is -0.176. The van der Waals surface area contributed by atoms with E-state index in [9.17, 15) is 19.7 Å². The third-order valence-corrected chi connectivity index (χ3v) is 4.44. The number of hydrogen-bond donors (Lipinski definition) is 2. The molecular weight excluding hydrogens is 364 g/mol. The number of nitro groups is 1. The SMILES string of the molecule is C[C@@H]1CN(C(=O)OC(C)(C)C)C[C@H]1C(=O)NCCNc1ccccc1[N+](=O)[O-]. The highest BCUT2D eigenvalue weighted by Crippen LogP contribution is 2.25. The van der Waals surface area contributed by atoms with Crippen molar-refractivity contribution in [2.24, 2.45) is 11.8 Å². The third kappa shape index (κ3) is 5.83. The molecule has 0 radical (unpaired) electrons. The fourth-order valence-electron chi connectivity index (χ4n) is 3.08. The highest BCUT2D eigenvalue weighted by Gasteiger charge is 2.38. The van der Waals surface area contributed by atoms with Crippen molar-refractivity contribution in [1.29, 1.82) is 0 Å². The van der Waals surface area contributed by atoms with Crippen LogP contribution in [-0.2, 0) is 9.53 Å². The molecule has 0 bridgehead atoms. The molecule has 2 rings (SSSR count). The first-order chi connectivity index (χ1) is 13.1. The minimum Gasteiger partial charge on any atom is -0.444 e. The van der Waals surface area contributed by atoms with Crippen LogP contribution in [0.4, 0.5) is 16.2 Å². The van der Waals surface area contributed by atoms with Crippen LogP contribution in [0.25, 0.3) is 0 Å². The Morgan fingerprint density at radius 3 is 2.57 bits per heavy atom. The maximum Gasteiger partial charge on any atom is 0.410 e. The number of likely N-dealkylation sites (tertiary alicyclic amines) is 1. The van der Waals surface area contributed by atoms with Gasteiger partial charge < -0.3 is 20.3 Å². The molecule has 0 unspecified atom stereocenters. The van der Waals surface area contributed by atoms with Gasteiger partial charge in [-0.2, -0.15) is 0 Å². The molecule has 1 fully saturated rings. The van der Waals surface area contributed by atoms with Gasteiger partial charge in [-0.25, -0.2) is 4.79 Å². The fourth-order valence-corrected chi connectivity index (χ4v) is 3.08. The summed E-state index contributed by atoms with van der Waals surface area (Å²) in [4.78, 5) is 36.8. The van der Waals surface area contributed by atoms with Gasteiger partial charge in [0, 0.05) is 32.2 Å². The maximum atomic E-state index is 12.5. The molecule has 1 saturated heterocycles. The average Bonchev–Trinajstić information content (AvgIpc) is 2.99. The lowest BCUT2D eigenvalue weighted by Crippen LogP contribution is -2.38. The second-order valence-corrected chi connectivity index (χ2v) is 7.96. The van der Waals surface area contributed by atoms with Gasteiger partial charge in [-0.15, -0.1) is 0 Å². The lowest BCUT2D eigenvalue weighted by molar-refractivity contribution is -0.384. The maximum absolute atomic E-state index is 12.5. The number of nitrogens with zero attached hydrogens (tertiary/aromatic N) is 2. The van der Waals surface area contributed by atoms with Crippen LogP contribution in [-0.4, -0.2) is 53.6 Å². The van der Waals surface area contributed by atoms with Crippen molar-refractivity contribution in [2.45, 2.75) is 33.3 Å². The number of para-hydroxylation sites is 2. The number of carbonyl (C=O) groups excluding carboxylic acids is 2. The van der Waals surface area contributed by atoms with Gasteiger partial charge in [0.2, 0.25) is 5.91 Å². The van der Waals surface area contributed by atoms with Crippen molar-refractivity contribution in [3.05, 3.63) is 34.4 Å². The molecule has 2 atom stereocenters. The minimum atomic E-state index is -0.577. The number of anilines is 1. The van der Waals surface area contributed by atoms with E-state index in [-0.39, 0.29) is 23.4 Å². The van der Waals surface area contributed by atoms with Gasteiger partial charge in [0.05, 0.1) is 10.8 Å². The molecule has 9 nitrogen and oxygen atoms in total. The molecule has 154 valence electrons. The van der Waals surface area contributed by atoms with Crippen LogP contribution in [0.3, 0.4) is 0 Å². The highest BCUT2D eigenvalue weighted by molar-refractivity contribution is 5.81. The van der Waals surface area contributed by atoms with E-state index >= 15 is 0 Å². The molecule has 1 heterocycles. The summed E-state index contributed by atoms with van der Waals surface area (Å²) >= 11 is 0. The Morgan fingerprint density at radius 1 is 1.25 bits per heavy atom.